The number of amides is 2. The van der Waals surface area contributed by atoms with Gasteiger partial charge in [-0.25, -0.2) is 0 Å². The molecule has 0 heterocycles. The van der Waals surface area contributed by atoms with Crippen molar-refractivity contribution in [3.63, 3.8) is 0 Å². The molecule has 0 spiro atoms. The van der Waals surface area contributed by atoms with Gasteiger partial charge in [0.05, 0.1) is 48.3 Å². The molecule has 6 N–H and O–H groups in total. The fraction of sp³-hybridized carbons (Fsp3) is 0.350. The van der Waals surface area contributed by atoms with Crippen LogP contribution in [0, 0.1) is 11.8 Å². The fourth-order valence-electron chi connectivity index (χ4n) is 7.34. The Hall–Kier alpha value is -4.34. The average Bonchev–Trinajstić information content (AvgIpc) is 3.59. The molecule has 8 atom stereocenters. The van der Waals surface area contributed by atoms with Crippen molar-refractivity contribution in [2.45, 2.75) is 75.0 Å². The first-order valence-corrected chi connectivity index (χ1v) is 16.9. The number of carbonyl (C=O) groups excluding carboxylic acids is 2. The third kappa shape index (κ3) is 7.53. The van der Waals surface area contributed by atoms with E-state index in [1.54, 1.807) is 0 Å². The summed E-state index contributed by atoms with van der Waals surface area (Å²) in [6.07, 6.45) is -2.69. The van der Waals surface area contributed by atoms with Crippen LogP contribution in [0.1, 0.15) is 58.3 Å². The molecule has 48 heavy (non-hydrogen) atoms. The van der Waals surface area contributed by atoms with E-state index in [0.717, 1.165) is 33.4 Å². The Bertz CT molecular complexity index is 1560. The summed E-state index contributed by atoms with van der Waals surface area (Å²) < 4.78 is 0. The van der Waals surface area contributed by atoms with Crippen molar-refractivity contribution < 1.29 is 30.0 Å². The molecule has 0 saturated carbocycles. The zero-order valence-corrected chi connectivity index (χ0v) is 26.9. The Morgan fingerprint density at radius 2 is 0.917 bits per heavy atom. The van der Waals surface area contributed by atoms with E-state index in [0.29, 0.717) is 25.7 Å². The number of carbonyl (C=O) groups is 2. The molecular formula is C40H44N2O6. The second kappa shape index (κ2) is 15.3. The molecule has 0 aromatic heterocycles. The van der Waals surface area contributed by atoms with Crippen LogP contribution in [-0.2, 0) is 35.3 Å². The highest BCUT2D eigenvalue weighted by Gasteiger charge is 2.42. The standard InChI is InChI=1S/C40H44N2O6/c43-33-23-27-15-7-9-17-29(27)35(33)41-39(47)31(21-19-25-11-3-1-4-12-25)37(45)38(46)32(22-20-26-13-5-2-6-14-26)40(48)42-36-30-18-10-8-16-28(30)24-34(36)44/h1-18,31-38,43-46H,19-24H2,(H,41,47)(H,42,48)/t31-,32-,33-,34-,35+,36?,37-,38+/m1/s1. The minimum atomic E-state index is -1.59. The molecule has 4 aromatic rings. The van der Waals surface area contributed by atoms with Gasteiger partial charge in [-0.3, -0.25) is 9.59 Å². The van der Waals surface area contributed by atoms with Crippen LogP contribution in [0.4, 0.5) is 0 Å². The van der Waals surface area contributed by atoms with E-state index in [-0.39, 0.29) is 12.8 Å². The minimum absolute atomic E-state index is 0.209. The largest absolute Gasteiger partial charge is 0.390 e. The molecule has 2 aliphatic rings. The van der Waals surface area contributed by atoms with Crippen molar-refractivity contribution in [3.8, 4) is 0 Å². The van der Waals surface area contributed by atoms with Gasteiger partial charge in [0.2, 0.25) is 11.8 Å². The zero-order valence-electron chi connectivity index (χ0n) is 26.9. The molecular weight excluding hydrogens is 604 g/mol. The van der Waals surface area contributed by atoms with Crippen molar-refractivity contribution in [2.24, 2.45) is 11.8 Å². The maximum Gasteiger partial charge on any atom is 0.226 e. The first-order valence-electron chi connectivity index (χ1n) is 16.9. The van der Waals surface area contributed by atoms with Crippen molar-refractivity contribution in [3.05, 3.63) is 143 Å². The highest BCUT2D eigenvalue weighted by molar-refractivity contribution is 5.82. The van der Waals surface area contributed by atoms with Crippen LogP contribution in [0.3, 0.4) is 0 Å². The number of aryl methyl sites for hydroxylation is 2. The highest BCUT2D eigenvalue weighted by atomic mass is 16.3. The van der Waals surface area contributed by atoms with Crippen LogP contribution in [-0.4, -0.2) is 56.7 Å². The summed E-state index contributed by atoms with van der Waals surface area (Å²) in [4.78, 5) is 28.1. The lowest BCUT2D eigenvalue weighted by molar-refractivity contribution is -0.143. The summed E-state index contributed by atoms with van der Waals surface area (Å²) in [6, 6.07) is 33.0. The molecule has 2 amide bonds. The first-order chi connectivity index (χ1) is 23.3. The van der Waals surface area contributed by atoms with Gasteiger partial charge >= 0.3 is 0 Å². The van der Waals surface area contributed by atoms with Gasteiger partial charge in [0, 0.05) is 12.8 Å². The monoisotopic (exact) mass is 648 g/mol. The van der Waals surface area contributed by atoms with Gasteiger partial charge in [0.25, 0.3) is 0 Å². The molecule has 8 nitrogen and oxygen atoms in total. The van der Waals surface area contributed by atoms with E-state index >= 15 is 0 Å². The Labute approximate surface area is 281 Å². The number of fused-ring (bicyclic) bond motifs is 2. The number of nitrogens with one attached hydrogen (secondary N) is 2. The maximum atomic E-state index is 14.0. The molecule has 0 fully saturated rings. The smallest absolute Gasteiger partial charge is 0.226 e. The Morgan fingerprint density at radius 3 is 1.31 bits per heavy atom. The van der Waals surface area contributed by atoms with Gasteiger partial charge < -0.3 is 31.1 Å². The molecule has 250 valence electrons. The Morgan fingerprint density at radius 1 is 0.562 bits per heavy atom. The Balaban J connectivity index is 1.25. The van der Waals surface area contributed by atoms with E-state index in [1.807, 2.05) is 109 Å². The van der Waals surface area contributed by atoms with Gasteiger partial charge in [-0.05, 0) is 59.1 Å². The quantitative estimate of drug-likeness (QED) is 0.131. The summed E-state index contributed by atoms with van der Waals surface area (Å²) in [7, 11) is 0. The summed E-state index contributed by atoms with van der Waals surface area (Å²) in [5, 5.41) is 51.3. The van der Waals surface area contributed by atoms with Crippen LogP contribution in [0.5, 0.6) is 0 Å². The van der Waals surface area contributed by atoms with E-state index in [2.05, 4.69) is 10.6 Å². The molecule has 2 aliphatic carbocycles. The molecule has 6 rings (SSSR count). The third-order valence-electron chi connectivity index (χ3n) is 10.0. The summed E-state index contributed by atoms with van der Waals surface area (Å²) in [5.74, 6) is -3.16. The molecule has 1 unspecified atom stereocenters. The van der Waals surface area contributed by atoms with Crippen LogP contribution in [0.25, 0.3) is 0 Å². The number of aliphatic hydroxyl groups excluding tert-OH is 4. The molecule has 0 bridgehead atoms. The lowest BCUT2D eigenvalue weighted by Crippen LogP contribution is -2.51. The SMILES string of the molecule is O=C(NC1c2ccccc2C[C@H]1O)[C@H](CCc1ccccc1)[C@H](O)[C@H](O)[C@@H](CCc1ccccc1)C(=O)N[C@H]1c2ccccc2C[C@H]1O. The Kier molecular flexibility index (Phi) is 10.7. The van der Waals surface area contributed by atoms with Gasteiger partial charge in [0.1, 0.15) is 0 Å². The predicted molar refractivity (Wildman–Crippen MR) is 183 cm³/mol. The molecule has 0 radical (unpaired) electrons. The van der Waals surface area contributed by atoms with Crippen LogP contribution in [0.15, 0.2) is 109 Å². The summed E-state index contributed by atoms with van der Waals surface area (Å²) in [5.41, 5.74) is 5.48. The van der Waals surface area contributed by atoms with Gasteiger partial charge in [-0.1, -0.05) is 109 Å². The summed E-state index contributed by atoms with van der Waals surface area (Å²) in [6.45, 7) is 0. The lowest BCUT2D eigenvalue weighted by Gasteiger charge is -2.33. The predicted octanol–water partition coefficient (Wildman–Crippen LogP) is 3.76. The first kappa shape index (κ1) is 33.6. The highest BCUT2D eigenvalue weighted by Crippen LogP contribution is 2.34. The lowest BCUT2D eigenvalue weighted by atomic mass is 9.82. The number of aliphatic hydroxyl groups is 4. The number of hydrogen-bond donors (Lipinski definition) is 6. The zero-order chi connectivity index (χ0) is 33.6. The second-order valence-corrected chi connectivity index (χ2v) is 13.2. The molecule has 0 saturated heterocycles. The van der Waals surface area contributed by atoms with Gasteiger partial charge in [-0.15, -0.1) is 0 Å². The van der Waals surface area contributed by atoms with Crippen molar-refractivity contribution >= 4 is 11.8 Å². The minimum Gasteiger partial charge on any atom is -0.390 e. The van der Waals surface area contributed by atoms with E-state index in [9.17, 15) is 30.0 Å². The number of benzene rings is 4. The third-order valence-corrected chi connectivity index (χ3v) is 10.0. The van der Waals surface area contributed by atoms with E-state index in [1.165, 1.54) is 0 Å². The normalized spacial score (nSPS) is 22.2. The maximum absolute atomic E-state index is 14.0. The van der Waals surface area contributed by atoms with Crippen molar-refractivity contribution in [2.75, 3.05) is 0 Å². The van der Waals surface area contributed by atoms with E-state index < -0.39 is 60.1 Å². The summed E-state index contributed by atoms with van der Waals surface area (Å²) >= 11 is 0. The van der Waals surface area contributed by atoms with Crippen LogP contribution >= 0.6 is 0 Å². The van der Waals surface area contributed by atoms with Crippen molar-refractivity contribution in [1.29, 1.82) is 0 Å². The molecule has 8 heteroatoms. The molecule has 0 aliphatic heterocycles. The average molecular weight is 649 g/mol. The van der Waals surface area contributed by atoms with Crippen LogP contribution in [0.2, 0.25) is 0 Å². The van der Waals surface area contributed by atoms with Crippen molar-refractivity contribution in [1.82, 2.24) is 10.6 Å². The van der Waals surface area contributed by atoms with E-state index in [4.69, 9.17) is 0 Å². The topological polar surface area (TPSA) is 139 Å². The number of hydrogen-bond acceptors (Lipinski definition) is 6. The van der Waals surface area contributed by atoms with Crippen LogP contribution < -0.4 is 10.6 Å². The van der Waals surface area contributed by atoms with Gasteiger partial charge in [0.15, 0.2) is 0 Å². The second-order valence-electron chi connectivity index (χ2n) is 13.2. The van der Waals surface area contributed by atoms with Gasteiger partial charge in [-0.2, -0.15) is 0 Å². The molecule has 4 aromatic carbocycles. The number of rotatable bonds is 13. The fourth-order valence-corrected chi connectivity index (χ4v) is 7.34.